The quantitative estimate of drug-likeness (QED) is 0.791. The molecule has 4 heteroatoms. The number of hydrogen-bond acceptors (Lipinski definition) is 1. The maximum absolute atomic E-state index is 13.7. The van der Waals surface area contributed by atoms with Crippen LogP contribution < -0.4 is 0 Å². The highest BCUT2D eigenvalue weighted by molar-refractivity contribution is 9.10. The number of halogens is 3. The van der Waals surface area contributed by atoms with Crippen LogP contribution in [0.4, 0.5) is 4.39 Å². The minimum Gasteiger partial charge on any atom is -0.388 e. The van der Waals surface area contributed by atoms with Crippen molar-refractivity contribution < 1.29 is 9.50 Å². The molecule has 0 heterocycles. The van der Waals surface area contributed by atoms with Gasteiger partial charge in [0.2, 0.25) is 0 Å². The molecule has 1 N–H and O–H groups in total. The Bertz CT molecular complexity index is 599. The highest BCUT2D eigenvalue weighted by Crippen LogP contribution is 2.28. The summed E-state index contributed by atoms with van der Waals surface area (Å²) in [6, 6.07) is 10.5. The van der Waals surface area contributed by atoms with Crippen LogP contribution in [-0.2, 0) is 6.42 Å². The second kappa shape index (κ2) is 6.16. The number of aryl methyl sites for hydroxylation is 1. The summed E-state index contributed by atoms with van der Waals surface area (Å²) in [6.45, 7) is 1.96. The maximum atomic E-state index is 13.7. The lowest BCUT2D eigenvalue weighted by Gasteiger charge is -2.14. The van der Waals surface area contributed by atoms with Crippen LogP contribution in [0, 0.1) is 12.7 Å². The minimum absolute atomic E-state index is 0.243. The summed E-state index contributed by atoms with van der Waals surface area (Å²) in [5, 5.41) is 10.3. The Morgan fingerprint density at radius 3 is 2.63 bits per heavy atom. The fourth-order valence-electron chi connectivity index (χ4n) is 1.94. The zero-order valence-electron chi connectivity index (χ0n) is 10.3. The molecule has 100 valence electrons. The molecule has 1 unspecified atom stereocenters. The maximum Gasteiger partial charge on any atom is 0.126 e. The van der Waals surface area contributed by atoms with Crippen molar-refractivity contribution in [2.75, 3.05) is 0 Å². The average Bonchev–Trinajstić information content (AvgIpc) is 2.36. The molecule has 0 aliphatic heterocycles. The van der Waals surface area contributed by atoms with E-state index in [9.17, 15) is 9.50 Å². The molecule has 1 atom stereocenters. The molecule has 0 saturated heterocycles. The van der Waals surface area contributed by atoms with Crippen molar-refractivity contribution in [3.05, 3.63) is 67.9 Å². The van der Waals surface area contributed by atoms with E-state index in [2.05, 4.69) is 31.9 Å². The van der Waals surface area contributed by atoms with E-state index in [1.807, 2.05) is 25.1 Å². The third-order valence-corrected chi connectivity index (χ3v) is 4.15. The predicted molar refractivity (Wildman–Crippen MR) is 81.6 cm³/mol. The molecule has 0 radical (unpaired) electrons. The fourth-order valence-corrected chi connectivity index (χ4v) is 2.86. The molecule has 0 amide bonds. The normalized spacial score (nSPS) is 12.5. The Hall–Kier alpha value is -0.710. The lowest BCUT2D eigenvalue weighted by atomic mass is 10.00. The Balaban J connectivity index is 2.27. The number of hydrogen-bond donors (Lipinski definition) is 1. The number of benzene rings is 2. The summed E-state index contributed by atoms with van der Waals surface area (Å²) in [5.41, 5.74) is 2.33. The van der Waals surface area contributed by atoms with Crippen LogP contribution in [0.15, 0.2) is 45.3 Å². The van der Waals surface area contributed by atoms with Gasteiger partial charge in [0.15, 0.2) is 0 Å². The van der Waals surface area contributed by atoms with Crippen molar-refractivity contribution in [2.45, 2.75) is 19.4 Å². The molecule has 0 spiro atoms. The van der Waals surface area contributed by atoms with Crippen molar-refractivity contribution in [1.82, 2.24) is 0 Å². The van der Waals surface area contributed by atoms with Crippen molar-refractivity contribution >= 4 is 31.9 Å². The van der Waals surface area contributed by atoms with Gasteiger partial charge in [-0.2, -0.15) is 0 Å². The standard InChI is InChI=1S/C15H13Br2FO/c1-9-2-4-13(17)12(6-9)15(19)8-10-7-11(16)3-5-14(10)18/h2-7,15,19H,8H2,1H3. The Morgan fingerprint density at radius 2 is 1.89 bits per heavy atom. The van der Waals surface area contributed by atoms with Gasteiger partial charge in [-0.1, -0.05) is 49.6 Å². The predicted octanol–water partition coefficient (Wildman–Crippen LogP) is 4.94. The fraction of sp³-hybridized carbons (Fsp3) is 0.200. The summed E-state index contributed by atoms with van der Waals surface area (Å²) >= 11 is 6.73. The Morgan fingerprint density at radius 1 is 1.16 bits per heavy atom. The van der Waals surface area contributed by atoms with Gasteiger partial charge in [-0.05, 0) is 42.3 Å². The molecule has 2 aromatic rings. The highest BCUT2D eigenvalue weighted by Gasteiger charge is 2.15. The van der Waals surface area contributed by atoms with Gasteiger partial charge < -0.3 is 5.11 Å². The molecule has 0 saturated carbocycles. The molecule has 2 aromatic carbocycles. The molecule has 0 aliphatic rings. The molecule has 2 rings (SSSR count). The highest BCUT2D eigenvalue weighted by atomic mass is 79.9. The van der Waals surface area contributed by atoms with E-state index in [-0.39, 0.29) is 12.2 Å². The number of aliphatic hydroxyl groups excluding tert-OH is 1. The van der Waals surface area contributed by atoms with Crippen LogP contribution in [0.5, 0.6) is 0 Å². The smallest absolute Gasteiger partial charge is 0.126 e. The van der Waals surface area contributed by atoms with E-state index in [1.54, 1.807) is 12.1 Å². The first-order valence-electron chi connectivity index (χ1n) is 5.85. The zero-order valence-corrected chi connectivity index (χ0v) is 13.5. The number of aliphatic hydroxyl groups is 1. The monoisotopic (exact) mass is 386 g/mol. The van der Waals surface area contributed by atoms with E-state index < -0.39 is 6.10 Å². The molecular formula is C15H13Br2FO. The van der Waals surface area contributed by atoms with Crippen LogP contribution in [0.2, 0.25) is 0 Å². The number of rotatable bonds is 3. The third-order valence-electron chi connectivity index (χ3n) is 2.93. The molecule has 0 bridgehead atoms. The largest absolute Gasteiger partial charge is 0.388 e. The summed E-state index contributed by atoms with van der Waals surface area (Å²) in [5.74, 6) is -0.300. The third kappa shape index (κ3) is 3.65. The molecule has 0 fully saturated rings. The van der Waals surface area contributed by atoms with Gasteiger partial charge in [-0.15, -0.1) is 0 Å². The summed E-state index contributed by atoms with van der Waals surface area (Å²) in [7, 11) is 0. The van der Waals surface area contributed by atoms with Gasteiger partial charge in [-0.3, -0.25) is 0 Å². The van der Waals surface area contributed by atoms with Crippen LogP contribution in [0.3, 0.4) is 0 Å². The van der Waals surface area contributed by atoms with Gasteiger partial charge in [-0.25, -0.2) is 4.39 Å². The summed E-state index contributed by atoms with van der Waals surface area (Å²) < 4.78 is 15.3. The van der Waals surface area contributed by atoms with Gasteiger partial charge >= 0.3 is 0 Å². The van der Waals surface area contributed by atoms with Gasteiger partial charge in [0.25, 0.3) is 0 Å². The SMILES string of the molecule is Cc1ccc(Br)c(C(O)Cc2cc(Br)ccc2F)c1. The van der Waals surface area contributed by atoms with E-state index >= 15 is 0 Å². The molecule has 19 heavy (non-hydrogen) atoms. The van der Waals surface area contributed by atoms with E-state index in [0.717, 1.165) is 20.1 Å². The van der Waals surface area contributed by atoms with Gasteiger partial charge in [0, 0.05) is 15.4 Å². The first kappa shape index (κ1) is 14.7. The average molecular weight is 388 g/mol. The van der Waals surface area contributed by atoms with Crippen molar-refractivity contribution in [3.8, 4) is 0 Å². The van der Waals surface area contributed by atoms with Crippen LogP contribution in [-0.4, -0.2) is 5.11 Å². The van der Waals surface area contributed by atoms with Gasteiger partial charge in [0.1, 0.15) is 5.82 Å². The van der Waals surface area contributed by atoms with Crippen LogP contribution >= 0.6 is 31.9 Å². The van der Waals surface area contributed by atoms with Crippen molar-refractivity contribution in [2.24, 2.45) is 0 Å². The lowest BCUT2D eigenvalue weighted by molar-refractivity contribution is 0.176. The van der Waals surface area contributed by atoms with E-state index in [0.29, 0.717) is 5.56 Å². The topological polar surface area (TPSA) is 20.2 Å². The van der Waals surface area contributed by atoms with Crippen molar-refractivity contribution in [3.63, 3.8) is 0 Å². The van der Waals surface area contributed by atoms with Gasteiger partial charge in [0.05, 0.1) is 6.10 Å². The summed E-state index contributed by atoms with van der Waals surface area (Å²) in [6.07, 6.45) is -0.495. The molecule has 0 aromatic heterocycles. The Kier molecular flexibility index (Phi) is 4.76. The second-order valence-electron chi connectivity index (χ2n) is 4.48. The summed E-state index contributed by atoms with van der Waals surface area (Å²) in [4.78, 5) is 0. The molecule has 1 nitrogen and oxygen atoms in total. The first-order valence-corrected chi connectivity index (χ1v) is 7.44. The van der Waals surface area contributed by atoms with E-state index in [4.69, 9.17) is 0 Å². The first-order chi connectivity index (χ1) is 8.97. The minimum atomic E-state index is -0.738. The second-order valence-corrected chi connectivity index (χ2v) is 6.25. The lowest BCUT2D eigenvalue weighted by Crippen LogP contribution is -2.05. The Labute approximate surface area is 128 Å². The van der Waals surface area contributed by atoms with Crippen LogP contribution in [0.25, 0.3) is 0 Å². The molecule has 0 aliphatic carbocycles. The molecular weight excluding hydrogens is 375 g/mol. The van der Waals surface area contributed by atoms with E-state index in [1.165, 1.54) is 6.07 Å². The zero-order chi connectivity index (χ0) is 14.0. The van der Waals surface area contributed by atoms with Crippen LogP contribution in [0.1, 0.15) is 22.8 Å². The van der Waals surface area contributed by atoms with Crippen molar-refractivity contribution in [1.29, 1.82) is 0 Å².